The highest BCUT2D eigenvalue weighted by Crippen LogP contribution is 2.19. The topological polar surface area (TPSA) is 61.8 Å². The van der Waals surface area contributed by atoms with E-state index in [1.807, 2.05) is 24.3 Å². The summed E-state index contributed by atoms with van der Waals surface area (Å²) in [7, 11) is 0. The number of nitrogens with zero attached hydrogens (tertiary/aromatic N) is 1. The molecule has 0 saturated heterocycles. The number of benzene rings is 2. The second-order valence-electron chi connectivity index (χ2n) is 3.87. The van der Waals surface area contributed by atoms with E-state index in [0.29, 0.717) is 17.9 Å². The van der Waals surface area contributed by atoms with Gasteiger partial charge in [0.15, 0.2) is 0 Å². The third kappa shape index (κ3) is 2.58. The Hall–Kier alpha value is -2.54. The van der Waals surface area contributed by atoms with Gasteiger partial charge in [0.05, 0.1) is 5.69 Å². The summed E-state index contributed by atoms with van der Waals surface area (Å²) in [5.74, 6) is -0.518. The van der Waals surface area contributed by atoms with Crippen molar-refractivity contribution in [1.29, 1.82) is 5.26 Å². The number of halogens is 1. The summed E-state index contributed by atoms with van der Waals surface area (Å²) in [6.45, 7) is 0.489. The Morgan fingerprint density at radius 1 is 1.22 bits per heavy atom. The lowest BCUT2D eigenvalue weighted by molar-refractivity contribution is 0.624. The van der Waals surface area contributed by atoms with Crippen LogP contribution in [-0.2, 0) is 6.54 Å². The first-order valence-electron chi connectivity index (χ1n) is 5.47. The number of nitrogens with two attached hydrogens (primary N) is 1. The van der Waals surface area contributed by atoms with E-state index in [0.717, 1.165) is 5.56 Å². The van der Waals surface area contributed by atoms with E-state index in [9.17, 15) is 4.39 Å². The van der Waals surface area contributed by atoms with Crippen LogP contribution in [0.2, 0.25) is 0 Å². The zero-order chi connectivity index (χ0) is 13.0. The van der Waals surface area contributed by atoms with Crippen molar-refractivity contribution in [2.45, 2.75) is 6.54 Å². The summed E-state index contributed by atoms with van der Waals surface area (Å²) < 4.78 is 13.4. The van der Waals surface area contributed by atoms with Crippen molar-refractivity contribution in [1.82, 2.24) is 0 Å². The Balaban J connectivity index is 2.16. The van der Waals surface area contributed by atoms with Crippen molar-refractivity contribution < 1.29 is 4.39 Å². The van der Waals surface area contributed by atoms with E-state index in [1.54, 1.807) is 18.2 Å². The molecule has 0 aromatic heterocycles. The number of hydrogen-bond donors (Lipinski definition) is 2. The second-order valence-corrected chi connectivity index (χ2v) is 3.87. The smallest absolute Gasteiger partial charge is 0.143 e. The molecule has 4 heteroatoms. The van der Waals surface area contributed by atoms with Crippen molar-refractivity contribution in [3.63, 3.8) is 0 Å². The minimum Gasteiger partial charge on any atom is -0.399 e. The largest absolute Gasteiger partial charge is 0.399 e. The van der Waals surface area contributed by atoms with E-state index < -0.39 is 5.82 Å². The van der Waals surface area contributed by atoms with Crippen LogP contribution in [0.15, 0.2) is 42.5 Å². The number of hydrogen-bond acceptors (Lipinski definition) is 3. The third-order valence-electron chi connectivity index (χ3n) is 2.56. The quantitative estimate of drug-likeness (QED) is 0.812. The molecule has 90 valence electrons. The van der Waals surface area contributed by atoms with Crippen LogP contribution in [0.5, 0.6) is 0 Å². The highest BCUT2D eigenvalue weighted by Gasteiger charge is 2.06. The van der Waals surface area contributed by atoms with Crippen LogP contribution in [0.4, 0.5) is 15.8 Å². The standard InChI is InChI=1S/C14H12FN3/c15-13-5-2-6-14(12(13)8-16)18-9-10-3-1-4-11(17)7-10/h1-7,18H,9,17H2. The van der Waals surface area contributed by atoms with Gasteiger partial charge in [-0.1, -0.05) is 18.2 Å². The van der Waals surface area contributed by atoms with E-state index >= 15 is 0 Å². The lowest BCUT2D eigenvalue weighted by Crippen LogP contribution is -2.02. The molecule has 0 aliphatic rings. The Kier molecular flexibility index (Phi) is 3.44. The minimum atomic E-state index is -0.518. The molecule has 0 radical (unpaired) electrons. The van der Waals surface area contributed by atoms with Crippen LogP contribution in [0.3, 0.4) is 0 Å². The van der Waals surface area contributed by atoms with Crippen molar-refractivity contribution in [2.75, 3.05) is 11.1 Å². The van der Waals surface area contributed by atoms with Crippen LogP contribution >= 0.6 is 0 Å². The molecule has 0 saturated carbocycles. The molecule has 0 atom stereocenters. The zero-order valence-electron chi connectivity index (χ0n) is 9.65. The number of nitrogens with one attached hydrogen (secondary N) is 1. The first-order valence-corrected chi connectivity index (χ1v) is 5.47. The first-order chi connectivity index (χ1) is 8.70. The molecule has 0 spiro atoms. The Bertz CT molecular complexity index is 602. The van der Waals surface area contributed by atoms with Crippen LogP contribution in [0.25, 0.3) is 0 Å². The maximum Gasteiger partial charge on any atom is 0.143 e. The van der Waals surface area contributed by atoms with Gasteiger partial charge in [0.2, 0.25) is 0 Å². The third-order valence-corrected chi connectivity index (χ3v) is 2.56. The molecule has 0 fully saturated rings. The van der Waals surface area contributed by atoms with Crippen molar-refractivity contribution in [2.24, 2.45) is 0 Å². The van der Waals surface area contributed by atoms with Gasteiger partial charge in [-0.05, 0) is 29.8 Å². The molecular formula is C14H12FN3. The number of anilines is 2. The van der Waals surface area contributed by atoms with Gasteiger partial charge in [-0.3, -0.25) is 0 Å². The SMILES string of the molecule is N#Cc1c(F)cccc1NCc1cccc(N)c1. The molecule has 0 bridgehead atoms. The van der Waals surface area contributed by atoms with E-state index in [2.05, 4.69) is 5.32 Å². The molecule has 0 unspecified atom stereocenters. The maximum atomic E-state index is 13.4. The lowest BCUT2D eigenvalue weighted by Gasteiger charge is -2.09. The van der Waals surface area contributed by atoms with Gasteiger partial charge in [-0.15, -0.1) is 0 Å². The Morgan fingerprint density at radius 2 is 2.00 bits per heavy atom. The van der Waals surface area contributed by atoms with E-state index in [4.69, 9.17) is 11.0 Å². The van der Waals surface area contributed by atoms with Gasteiger partial charge < -0.3 is 11.1 Å². The average Bonchev–Trinajstić information content (AvgIpc) is 2.36. The van der Waals surface area contributed by atoms with Gasteiger partial charge >= 0.3 is 0 Å². The molecule has 2 rings (SSSR count). The van der Waals surface area contributed by atoms with Gasteiger partial charge in [0, 0.05) is 12.2 Å². The molecular weight excluding hydrogens is 229 g/mol. The number of nitrogen functional groups attached to an aromatic ring is 1. The predicted octanol–water partition coefficient (Wildman–Crippen LogP) is 2.89. The zero-order valence-corrected chi connectivity index (χ0v) is 9.65. The van der Waals surface area contributed by atoms with Crippen LogP contribution in [0, 0.1) is 17.1 Å². The molecule has 0 aliphatic carbocycles. The number of nitriles is 1. The molecule has 0 amide bonds. The summed E-state index contributed by atoms with van der Waals surface area (Å²) in [5.41, 5.74) is 7.83. The molecule has 0 aliphatic heterocycles. The van der Waals surface area contributed by atoms with E-state index in [-0.39, 0.29) is 5.56 Å². The second kappa shape index (κ2) is 5.19. The van der Waals surface area contributed by atoms with Crippen LogP contribution < -0.4 is 11.1 Å². The van der Waals surface area contributed by atoms with Gasteiger partial charge in [0.25, 0.3) is 0 Å². The van der Waals surface area contributed by atoms with Crippen molar-refractivity contribution in [3.8, 4) is 6.07 Å². The molecule has 18 heavy (non-hydrogen) atoms. The summed E-state index contributed by atoms with van der Waals surface area (Å²) in [6, 6.07) is 13.8. The molecule has 3 N–H and O–H groups in total. The summed E-state index contributed by atoms with van der Waals surface area (Å²) in [6.07, 6.45) is 0. The summed E-state index contributed by atoms with van der Waals surface area (Å²) >= 11 is 0. The van der Waals surface area contributed by atoms with E-state index in [1.165, 1.54) is 6.07 Å². The fraction of sp³-hybridized carbons (Fsp3) is 0.0714. The van der Waals surface area contributed by atoms with Gasteiger partial charge in [-0.2, -0.15) is 5.26 Å². The Morgan fingerprint density at radius 3 is 2.72 bits per heavy atom. The molecule has 0 heterocycles. The fourth-order valence-corrected chi connectivity index (χ4v) is 1.69. The molecule has 3 nitrogen and oxygen atoms in total. The minimum absolute atomic E-state index is 0.0291. The normalized spacial score (nSPS) is 9.78. The Labute approximate surface area is 105 Å². The van der Waals surface area contributed by atoms with Crippen molar-refractivity contribution in [3.05, 3.63) is 59.4 Å². The van der Waals surface area contributed by atoms with Crippen LogP contribution in [-0.4, -0.2) is 0 Å². The highest BCUT2D eigenvalue weighted by molar-refractivity contribution is 5.58. The number of rotatable bonds is 3. The predicted molar refractivity (Wildman–Crippen MR) is 69.3 cm³/mol. The van der Waals surface area contributed by atoms with Gasteiger partial charge in [-0.25, -0.2) is 4.39 Å². The molecule has 2 aromatic carbocycles. The fourth-order valence-electron chi connectivity index (χ4n) is 1.69. The van der Waals surface area contributed by atoms with Crippen LogP contribution in [0.1, 0.15) is 11.1 Å². The summed E-state index contributed by atoms with van der Waals surface area (Å²) in [5, 5.41) is 11.9. The van der Waals surface area contributed by atoms with Gasteiger partial charge in [0.1, 0.15) is 17.4 Å². The highest BCUT2D eigenvalue weighted by atomic mass is 19.1. The molecule has 2 aromatic rings. The average molecular weight is 241 g/mol. The first kappa shape index (κ1) is 11.9. The van der Waals surface area contributed by atoms with Crippen molar-refractivity contribution >= 4 is 11.4 Å². The summed E-state index contributed by atoms with van der Waals surface area (Å²) in [4.78, 5) is 0. The maximum absolute atomic E-state index is 13.4. The lowest BCUT2D eigenvalue weighted by atomic mass is 10.1. The monoisotopic (exact) mass is 241 g/mol.